The summed E-state index contributed by atoms with van der Waals surface area (Å²) >= 11 is 12.1. The molecule has 6 rings (SSSR count). The summed E-state index contributed by atoms with van der Waals surface area (Å²) in [6.45, 7) is 10.4. The van der Waals surface area contributed by atoms with Crippen molar-refractivity contribution in [2.45, 2.75) is 76.7 Å². The number of ether oxygens (including phenoxy) is 4. The topological polar surface area (TPSA) is 98.3 Å². The molecule has 3 aliphatic heterocycles. The Morgan fingerprint density at radius 1 is 1.09 bits per heavy atom. The van der Waals surface area contributed by atoms with E-state index in [4.69, 9.17) is 42.1 Å². The van der Waals surface area contributed by atoms with E-state index in [1.165, 1.54) is 18.5 Å². The standard InChI is InChI=1S/C33H40Cl2FN5O5/c1-33(2,3)46-32(42)41-20-5-6-21(41)16-22(15-20)45-28-17-23-26(18-27(28)44-12-4-9-40-10-13-43-14-11-40)37-19-38-31(23)39-25-8-7-24(34)29(35)30(25)36/h7-8,17-22H,4-6,9-16H2,1-3H3,(H,37,38,39)/t20-,21+,22?. The van der Waals surface area contributed by atoms with Gasteiger partial charge < -0.3 is 29.2 Å². The molecule has 0 spiro atoms. The average Bonchev–Trinajstić information content (AvgIpc) is 3.30. The van der Waals surface area contributed by atoms with Crippen molar-refractivity contribution in [3.05, 3.63) is 46.5 Å². The van der Waals surface area contributed by atoms with Gasteiger partial charge in [-0.3, -0.25) is 4.90 Å². The van der Waals surface area contributed by atoms with E-state index in [2.05, 4.69) is 20.2 Å². The minimum absolute atomic E-state index is 0.0372. The number of rotatable bonds is 9. The van der Waals surface area contributed by atoms with Crippen LogP contribution in [-0.4, -0.2) is 89.1 Å². The molecule has 46 heavy (non-hydrogen) atoms. The van der Waals surface area contributed by atoms with Gasteiger partial charge in [0, 0.05) is 56.0 Å². The highest BCUT2D eigenvalue weighted by Gasteiger charge is 2.45. The number of anilines is 2. The number of carbonyl (C=O) groups excluding carboxylic acids is 1. The first-order valence-corrected chi connectivity index (χ1v) is 16.6. The minimum Gasteiger partial charge on any atom is -0.490 e. The lowest BCUT2D eigenvalue weighted by Gasteiger charge is -2.39. The molecule has 2 aromatic carbocycles. The fourth-order valence-corrected chi connectivity index (χ4v) is 6.74. The zero-order valence-corrected chi connectivity index (χ0v) is 27.9. The van der Waals surface area contributed by atoms with Gasteiger partial charge in [0.25, 0.3) is 0 Å². The summed E-state index contributed by atoms with van der Waals surface area (Å²) < 4.78 is 39.1. The number of hydrogen-bond donors (Lipinski definition) is 1. The van der Waals surface area contributed by atoms with E-state index in [0.29, 0.717) is 47.7 Å². The Balaban J connectivity index is 1.24. The molecule has 3 saturated heterocycles. The fraction of sp³-hybridized carbons (Fsp3) is 0.545. The van der Waals surface area contributed by atoms with E-state index in [1.54, 1.807) is 0 Å². The largest absolute Gasteiger partial charge is 0.490 e. The van der Waals surface area contributed by atoms with Gasteiger partial charge in [-0.1, -0.05) is 23.2 Å². The normalized spacial score (nSPS) is 21.8. The Morgan fingerprint density at radius 3 is 2.54 bits per heavy atom. The Morgan fingerprint density at radius 2 is 1.83 bits per heavy atom. The number of nitrogens with one attached hydrogen (secondary N) is 1. The molecular formula is C33H40Cl2FN5O5. The number of benzene rings is 2. The number of nitrogens with zero attached hydrogens (tertiary/aromatic N) is 4. The van der Waals surface area contributed by atoms with Crippen molar-refractivity contribution in [3.63, 3.8) is 0 Å². The molecular weight excluding hydrogens is 636 g/mol. The van der Waals surface area contributed by atoms with Crippen LogP contribution in [0.2, 0.25) is 10.0 Å². The molecule has 3 aliphatic rings. The molecule has 3 fully saturated rings. The summed E-state index contributed by atoms with van der Waals surface area (Å²) in [6.07, 6.45) is 5.00. The van der Waals surface area contributed by atoms with Gasteiger partial charge in [-0.2, -0.15) is 0 Å². The first-order chi connectivity index (χ1) is 22.1. The predicted molar refractivity (Wildman–Crippen MR) is 175 cm³/mol. The molecule has 10 nitrogen and oxygen atoms in total. The van der Waals surface area contributed by atoms with Crippen LogP contribution in [0.1, 0.15) is 52.9 Å². The zero-order chi connectivity index (χ0) is 32.4. The van der Waals surface area contributed by atoms with Gasteiger partial charge in [0.1, 0.15) is 23.9 Å². The lowest BCUT2D eigenvalue weighted by Crippen LogP contribution is -2.50. The number of piperidine rings is 1. The van der Waals surface area contributed by atoms with Crippen molar-refractivity contribution in [2.24, 2.45) is 0 Å². The van der Waals surface area contributed by atoms with E-state index >= 15 is 0 Å². The first-order valence-electron chi connectivity index (χ1n) is 15.9. The highest BCUT2D eigenvalue weighted by Crippen LogP contribution is 2.42. The van der Waals surface area contributed by atoms with E-state index in [1.807, 2.05) is 37.8 Å². The molecule has 3 aromatic rings. The van der Waals surface area contributed by atoms with E-state index in [0.717, 1.165) is 52.1 Å². The van der Waals surface area contributed by atoms with Crippen LogP contribution in [-0.2, 0) is 9.47 Å². The molecule has 1 aromatic heterocycles. The molecule has 4 heterocycles. The Kier molecular flexibility index (Phi) is 9.94. The van der Waals surface area contributed by atoms with Crippen molar-refractivity contribution in [1.29, 1.82) is 0 Å². The number of carbonyl (C=O) groups is 1. The second-order valence-corrected chi connectivity index (χ2v) is 13.8. The lowest BCUT2D eigenvalue weighted by atomic mass is 10.00. The maximum atomic E-state index is 15.0. The third-order valence-electron chi connectivity index (χ3n) is 8.56. The zero-order valence-electron chi connectivity index (χ0n) is 26.4. The van der Waals surface area contributed by atoms with Crippen LogP contribution in [0.25, 0.3) is 10.9 Å². The lowest BCUT2D eigenvalue weighted by molar-refractivity contribution is -0.00743. The maximum absolute atomic E-state index is 15.0. The van der Waals surface area contributed by atoms with Gasteiger partial charge in [0.15, 0.2) is 17.3 Å². The summed E-state index contributed by atoms with van der Waals surface area (Å²) in [7, 11) is 0. The smallest absolute Gasteiger partial charge is 0.410 e. The van der Waals surface area contributed by atoms with Crippen LogP contribution in [0.15, 0.2) is 30.6 Å². The highest BCUT2D eigenvalue weighted by atomic mass is 35.5. The average molecular weight is 677 g/mol. The van der Waals surface area contributed by atoms with Crippen molar-refractivity contribution in [2.75, 3.05) is 44.8 Å². The van der Waals surface area contributed by atoms with E-state index in [-0.39, 0.29) is 40.0 Å². The van der Waals surface area contributed by atoms with Gasteiger partial charge >= 0.3 is 6.09 Å². The van der Waals surface area contributed by atoms with E-state index in [9.17, 15) is 9.18 Å². The maximum Gasteiger partial charge on any atom is 0.410 e. The molecule has 1 unspecified atom stereocenters. The van der Waals surface area contributed by atoms with Gasteiger partial charge in [-0.15, -0.1) is 0 Å². The van der Waals surface area contributed by atoms with Crippen molar-refractivity contribution < 1.29 is 28.1 Å². The predicted octanol–water partition coefficient (Wildman–Crippen LogP) is 7.23. The van der Waals surface area contributed by atoms with Gasteiger partial charge in [0.05, 0.1) is 41.1 Å². The van der Waals surface area contributed by atoms with Gasteiger partial charge in [0.2, 0.25) is 0 Å². The van der Waals surface area contributed by atoms with Crippen molar-refractivity contribution >= 4 is 51.7 Å². The molecule has 248 valence electrons. The van der Waals surface area contributed by atoms with Crippen LogP contribution in [0.3, 0.4) is 0 Å². The monoisotopic (exact) mass is 675 g/mol. The van der Waals surface area contributed by atoms with Gasteiger partial charge in [-0.05, 0) is 58.2 Å². The fourth-order valence-electron chi connectivity index (χ4n) is 6.43. The molecule has 1 N–H and O–H groups in total. The third-order valence-corrected chi connectivity index (χ3v) is 9.34. The quantitative estimate of drug-likeness (QED) is 0.186. The second-order valence-electron chi connectivity index (χ2n) is 13.0. The second kappa shape index (κ2) is 13.9. The molecule has 1 amide bonds. The molecule has 0 aliphatic carbocycles. The summed E-state index contributed by atoms with van der Waals surface area (Å²) in [5.74, 6) is 0.818. The number of aromatic nitrogens is 2. The molecule has 0 radical (unpaired) electrons. The number of morpholine rings is 1. The van der Waals surface area contributed by atoms with Crippen LogP contribution >= 0.6 is 23.2 Å². The van der Waals surface area contributed by atoms with Crippen LogP contribution in [0.4, 0.5) is 20.7 Å². The van der Waals surface area contributed by atoms with Crippen LogP contribution < -0.4 is 14.8 Å². The van der Waals surface area contributed by atoms with Crippen LogP contribution in [0, 0.1) is 5.82 Å². The number of fused-ring (bicyclic) bond motifs is 3. The molecule has 0 saturated carbocycles. The SMILES string of the molecule is CC(C)(C)OC(=O)N1[C@@H]2CC[C@H]1CC(Oc1cc3c(Nc4ccc(Cl)c(Cl)c4F)ncnc3cc1OCCCN1CCOCC1)C2. The van der Waals surface area contributed by atoms with Crippen LogP contribution in [0.5, 0.6) is 11.5 Å². The van der Waals surface area contributed by atoms with Crippen molar-refractivity contribution in [1.82, 2.24) is 19.8 Å². The summed E-state index contributed by atoms with van der Waals surface area (Å²) in [5.41, 5.74) is 0.177. The Hall–Kier alpha value is -3.12. The van der Waals surface area contributed by atoms with Crippen molar-refractivity contribution in [3.8, 4) is 11.5 Å². The Labute approximate surface area is 278 Å². The minimum atomic E-state index is -0.676. The third kappa shape index (κ3) is 7.54. The number of halogens is 3. The Bertz CT molecular complexity index is 1550. The van der Waals surface area contributed by atoms with E-state index < -0.39 is 11.4 Å². The highest BCUT2D eigenvalue weighted by molar-refractivity contribution is 6.42. The summed E-state index contributed by atoms with van der Waals surface area (Å²) in [5, 5.41) is 3.62. The molecule has 13 heteroatoms. The summed E-state index contributed by atoms with van der Waals surface area (Å²) in [6, 6.07) is 6.78. The first kappa shape index (κ1) is 32.8. The number of amides is 1. The summed E-state index contributed by atoms with van der Waals surface area (Å²) in [4.78, 5) is 26.2. The van der Waals surface area contributed by atoms with Gasteiger partial charge in [-0.25, -0.2) is 19.2 Å². The molecule has 2 bridgehead atoms. The number of hydrogen-bond acceptors (Lipinski definition) is 9. The molecule has 3 atom stereocenters.